The molecule has 0 aromatic heterocycles. The van der Waals surface area contributed by atoms with E-state index in [4.69, 9.17) is 0 Å². The molecule has 4 nitrogen and oxygen atoms in total. The quantitative estimate of drug-likeness (QED) is 0.353. The minimum Gasteiger partial charge on any atom is -0.744 e. The number of benzene rings is 2. The summed E-state index contributed by atoms with van der Waals surface area (Å²) < 4.78 is 37.4. The number of hydrogen-bond acceptors (Lipinski definition) is 3. The van der Waals surface area contributed by atoms with Gasteiger partial charge in [0.2, 0.25) is 0 Å². The van der Waals surface area contributed by atoms with E-state index in [1.165, 1.54) is 24.1 Å². The second-order valence-corrected chi connectivity index (χ2v) is 10.9. The summed E-state index contributed by atoms with van der Waals surface area (Å²) in [7, 11) is -2.26. The predicted octanol–water partition coefficient (Wildman–Crippen LogP) is 6.61. The van der Waals surface area contributed by atoms with E-state index in [0.29, 0.717) is 10.9 Å². The molecule has 2 aromatic rings. The van der Waals surface area contributed by atoms with E-state index >= 15 is 0 Å². The fraction of sp³-hybridized carbons (Fsp3) is 0.615. The zero-order valence-electron chi connectivity index (χ0n) is 21.2. The Morgan fingerprint density at radius 1 is 0.742 bits per heavy atom. The third-order valence-corrected chi connectivity index (χ3v) is 7.50. The summed E-state index contributed by atoms with van der Waals surface area (Å²) in [4.78, 5) is -0.0313. The van der Waals surface area contributed by atoms with Crippen molar-refractivity contribution in [1.29, 1.82) is 0 Å². The first kappa shape index (κ1) is 27.6. The van der Waals surface area contributed by atoms with Crippen molar-refractivity contribution in [2.45, 2.75) is 85.0 Å². The Hall–Kier alpha value is -1.43. The smallest absolute Gasteiger partial charge is 0.125 e. The molecule has 176 valence electrons. The van der Waals surface area contributed by atoms with Crippen molar-refractivity contribution in [2.24, 2.45) is 0 Å². The molecule has 0 aliphatic heterocycles. The van der Waals surface area contributed by atoms with E-state index in [-0.39, 0.29) is 22.6 Å². The highest BCUT2D eigenvalue weighted by Gasteiger charge is 2.26. The third-order valence-electron chi connectivity index (χ3n) is 6.56. The van der Waals surface area contributed by atoms with Gasteiger partial charge in [-0.25, -0.2) is 8.42 Å². The van der Waals surface area contributed by atoms with Crippen LogP contribution < -0.4 is 0 Å². The van der Waals surface area contributed by atoms with E-state index < -0.39 is 10.1 Å². The highest BCUT2D eigenvalue weighted by Crippen LogP contribution is 2.43. The highest BCUT2D eigenvalue weighted by atomic mass is 32.2. The van der Waals surface area contributed by atoms with Crippen LogP contribution >= 0.6 is 0 Å². The van der Waals surface area contributed by atoms with E-state index in [0.717, 1.165) is 16.5 Å². The van der Waals surface area contributed by atoms with Gasteiger partial charge in [-0.05, 0) is 66.0 Å². The number of hydrogen-bond donors (Lipinski definition) is 0. The third kappa shape index (κ3) is 6.30. The van der Waals surface area contributed by atoms with Gasteiger partial charge in [0.05, 0.1) is 31.6 Å². The largest absolute Gasteiger partial charge is 0.744 e. The maximum atomic E-state index is 12.1. The Labute approximate surface area is 191 Å². The van der Waals surface area contributed by atoms with Crippen LogP contribution in [0.2, 0.25) is 0 Å². The molecular formula is C26H43NO3S. The Kier molecular flexibility index (Phi) is 9.73. The predicted molar refractivity (Wildman–Crippen MR) is 132 cm³/mol. The SMILES string of the molecule is CC(C)c1c(C(C)C)c(S(=O)(=O)[O-])c2ccccc2c1C(C)C.CC[N+](C)(CC)CC. The zero-order chi connectivity index (χ0) is 24.1. The monoisotopic (exact) mass is 449 g/mol. The van der Waals surface area contributed by atoms with Gasteiger partial charge in [-0.1, -0.05) is 65.8 Å². The molecule has 0 aliphatic rings. The van der Waals surface area contributed by atoms with E-state index in [1.54, 1.807) is 12.1 Å². The van der Waals surface area contributed by atoms with E-state index in [2.05, 4.69) is 55.5 Å². The van der Waals surface area contributed by atoms with Gasteiger partial charge in [0.25, 0.3) is 0 Å². The first-order chi connectivity index (χ1) is 14.3. The highest BCUT2D eigenvalue weighted by molar-refractivity contribution is 7.86. The summed E-state index contributed by atoms with van der Waals surface area (Å²) in [5.41, 5.74) is 2.87. The Morgan fingerprint density at radius 2 is 1.13 bits per heavy atom. The van der Waals surface area contributed by atoms with Crippen LogP contribution in [0.1, 0.15) is 96.8 Å². The molecule has 5 heteroatoms. The molecule has 0 spiro atoms. The Morgan fingerprint density at radius 3 is 1.42 bits per heavy atom. The first-order valence-electron chi connectivity index (χ1n) is 11.6. The number of fused-ring (bicyclic) bond motifs is 1. The van der Waals surface area contributed by atoms with Gasteiger partial charge in [-0.15, -0.1) is 0 Å². The number of rotatable bonds is 7. The van der Waals surface area contributed by atoms with Gasteiger partial charge in [0, 0.05) is 0 Å². The summed E-state index contributed by atoms with van der Waals surface area (Å²) in [6, 6.07) is 7.37. The molecule has 0 bridgehead atoms. The Balaban J connectivity index is 0.000000512. The van der Waals surface area contributed by atoms with Gasteiger partial charge >= 0.3 is 0 Å². The molecule has 0 fully saturated rings. The second kappa shape index (κ2) is 10.9. The van der Waals surface area contributed by atoms with Crippen molar-refractivity contribution in [3.63, 3.8) is 0 Å². The molecule has 2 rings (SSSR count). The number of nitrogens with zero attached hydrogens (tertiary/aromatic N) is 1. The van der Waals surface area contributed by atoms with Crippen molar-refractivity contribution in [3.8, 4) is 0 Å². The molecule has 0 N–H and O–H groups in total. The van der Waals surface area contributed by atoms with Gasteiger partial charge in [0.1, 0.15) is 10.1 Å². The van der Waals surface area contributed by atoms with Gasteiger partial charge < -0.3 is 9.04 Å². The number of quaternary nitrogens is 1. The summed E-state index contributed by atoms with van der Waals surface area (Å²) in [6.07, 6.45) is 0. The van der Waals surface area contributed by atoms with Gasteiger partial charge in [0.15, 0.2) is 0 Å². The normalized spacial score (nSPS) is 12.6. The molecule has 0 saturated carbocycles. The van der Waals surface area contributed by atoms with Gasteiger partial charge in [-0.3, -0.25) is 0 Å². The van der Waals surface area contributed by atoms with Crippen LogP contribution in [0.3, 0.4) is 0 Å². The lowest BCUT2D eigenvalue weighted by molar-refractivity contribution is -0.904. The molecule has 0 heterocycles. The molecule has 0 radical (unpaired) electrons. The molecule has 0 amide bonds. The standard InChI is InChI=1S/C19H26O3S.C7H18N/c1-11(2)16-14-9-7-8-10-15(14)19(23(20,21)22)18(13(5)6)17(16)12(3)4;1-5-8(4,6-2)7-3/h7-13H,1-6H3,(H,20,21,22);5-7H2,1-4H3/q;+1/p-1. The minimum atomic E-state index is -4.55. The molecule has 0 unspecified atom stereocenters. The van der Waals surface area contributed by atoms with Crippen LogP contribution in [0.4, 0.5) is 0 Å². The molecule has 0 atom stereocenters. The lowest BCUT2D eigenvalue weighted by Gasteiger charge is -2.30. The van der Waals surface area contributed by atoms with Gasteiger partial charge in [-0.2, -0.15) is 0 Å². The van der Waals surface area contributed by atoms with Crippen LogP contribution in [0.15, 0.2) is 29.2 Å². The van der Waals surface area contributed by atoms with Crippen molar-refractivity contribution in [2.75, 3.05) is 26.7 Å². The van der Waals surface area contributed by atoms with Crippen LogP contribution in [-0.4, -0.2) is 44.1 Å². The lowest BCUT2D eigenvalue weighted by atomic mass is 9.80. The van der Waals surface area contributed by atoms with Crippen molar-refractivity contribution in [1.82, 2.24) is 0 Å². The maximum Gasteiger partial charge on any atom is 0.125 e. The van der Waals surface area contributed by atoms with Crippen molar-refractivity contribution >= 4 is 20.9 Å². The first-order valence-corrected chi connectivity index (χ1v) is 13.0. The molecule has 0 saturated heterocycles. The van der Waals surface area contributed by atoms with Crippen molar-refractivity contribution in [3.05, 3.63) is 41.0 Å². The fourth-order valence-electron chi connectivity index (χ4n) is 4.23. The minimum absolute atomic E-state index is 0.0313. The Bertz CT molecular complexity index is 964. The van der Waals surface area contributed by atoms with Crippen molar-refractivity contribution < 1.29 is 17.5 Å². The summed E-state index contributed by atoms with van der Waals surface area (Å²) in [5.74, 6) is 0.362. The van der Waals surface area contributed by atoms with Crippen LogP contribution in [0.25, 0.3) is 10.8 Å². The summed E-state index contributed by atoms with van der Waals surface area (Å²) in [5, 5.41) is 1.43. The van der Waals surface area contributed by atoms with Crippen LogP contribution in [0, 0.1) is 0 Å². The fourth-order valence-corrected chi connectivity index (χ4v) is 5.29. The second-order valence-electron chi connectivity index (χ2n) is 9.60. The average molecular weight is 450 g/mol. The van der Waals surface area contributed by atoms with E-state index in [1.807, 2.05) is 26.0 Å². The lowest BCUT2D eigenvalue weighted by Crippen LogP contribution is -2.42. The summed E-state index contributed by atoms with van der Waals surface area (Å²) >= 11 is 0. The molecular weight excluding hydrogens is 406 g/mol. The van der Waals surface area contributed by atoms with Crippen LogP contribution in [0.5, 0.6) is 0 Å². The molecule has 0 aliphatic carbocycles. The zero-order valence-corrected chi connectivity index (χ0v) is 22.1. The maximum absolute atomic E-state index is 12.1. The van der Waals surface area contributed by atoms with E-state index in [9.17, 15) is 13.0 Å². The molecule has 31 heavy (non-hydrogen) atoms. The van der Waals surface area contributed by atoms with Crippen LogP contribution in [-0.2, 0) is 10.1 Å². The average Bonchev–Trinajstić information content (AvgIpc) is 2.70. The summed E-state index contributed by atoms with van der Waals surface area (Å²) in [6.45, 7) is 22.8. The topological polar surface area (TPSA) is 57.2 Å². The molecule has 2 aromatic carbocycles.